The summed E-state index contributed by atoms with van der Waals surface area (Å²) in [6, 6.07) is 0. The highest BCUT2D eigenvalue weighted by Gasteiger charge is 2.30. The maximum Gasteiger partial charge on any atom is 0.140 e. The van der Waals surface area contributed by atoms with Gasteiger partial charge in [0.1, 0.15) is 5.78 Å². The minimum absolute atomic E-state index is 0.0466. The molecule has 0 spiro atoms. The molecule has 0 aromatic heterocycles. The molecule has 1 saturated carbocycles. The fourth-order valence-corrected chi connectivity index (χ4v) is 6.24. The Labute approximate surface area is 102 Å². The van der Waals surface area contributed by atoms with Gasteiger partial charge in [0.2, 0.25) is 0 Å². The average Bonchev–Trinajstić information content (AvgIpc) is 2.15. The summed E-state index contributed by atoms with van der Waals surface area (Å²) in [6.07, 6.45) is 7.06. The van der Waals surface area contributed by atoms with Gasteiger partial charge in [0, 0.05) is 12.1 Å². The monoisotopic (exact) mass is 242 g/mol. The van der Waals surface area contributed by atoms with Crippen LogP contribution < -0.4 is 0 Å². The molecule has 0 aliphatic heterocycles. The number of hydrogen-bond acceptors (Lipinski definition) is 1. The van der Waals surface area contributed by atoms with Crippen molar-refractivity contribution in [3.63, 3.8) is 0 Å². The first kappa shape index (κ1) is 14.2. The lowest BCUT2D eigenvalue weighted by Gasteiger charge is -2.32. The standard InChI is InChI=1S/C14H27OP/c1-11(2)9-16(10-12(3)4)14-8-6-5-7-13(14)15/h11-12,14H,5-10H2,1-4H3. The highest BCUT2D eigenvalue weighted by atomic mass is 31.1. The van der Waals surface area contributed by atoms with Gasteiger partial charge in [0.05, 0.1) is 0 Å². The molecule has 1 fully saturated rings. The molecule has 0 aromatic carbocycles. The second-order valence-corrected chi connectivity index (χ2v) is 8.50. The molecule has 1 rings (SSSR count). The van der Waals surface area contributed by atoms with E-state index >= 15 is 0 Å². The SMILES string of the molecule is CC(C)CP(CC(C)C)C1CCCCC1=O. The zero-order valence-electron chi connectivity index (χ0n) is 11.3. The number of rotatable bonds is 5. The summed E-state index contributed by atoms with van der Waals surface area (Å²) in [6.45, 7) is 9.18. The smallest absolute Gasteiger partial charge is 0.140 e. The van der Waals surface area contributed by atoms with Crippen LogP contribution in [-0.2, 0) is 4.79 Å². The van der Waals surface area contributed by atoms with Gasteiger partial charge in [-0.3, -0.25) is 4.79 Å². The Morgan fingerprint density at radius 1 is 1.12 bits per heavy atom. The van der Waals surface area contributed by atoms with Crippen LogP contribution in [0.1, 0.15) is 53.4 Å². The third kappa shape index (κ3) is 4.53. The Morgan fingerprint density at radius 3 is 2.12 bits per heavy atom. The molecule has 16 heavy (non-hydrogen) atoms. The van der Waals surface area contributed by atoms with Crippen LogP contribution >= 0.6 is 7.92 Å². The number of ketones is 1. The first-order valence-electron chi connectivity index (χ1n) is 6.77. The van der Waals surface area contributed by atoms with Crippen LogP contribution in [-0.4, -0.2) is 23.8 Å². The molecule has 1 unspecified atom stereocenters. The van der Waals surface area contributed by atoms with Gasteiger partial charge in [0.25, 0.3) is 0 Å². The molecular formula is C14H27OP. The molecular weight excluding hydrogens is 215 g/mol. The fourth-order valence-electron chi connectivity index (χ4n) is 2.62. The van der Waals surface area contributed by atoms with Gasteiger partial charge in [-0.25, -0.2) is 0 Å². The molecule has 1 atom stereocenters. The van der Waals surface area contributed by atoms with E-state index in [2.05, 4.69) is 27.7 Å². The van der Waals surface area contributed by atoms with E-state index in [1.165, 1.54) is 25.2 Å². The zero-order valence-corrected chi connectivity index (χ0v) is 12.2. The van der Waals surface area contributed by atoms with Crippen LogP contribution in [0.3, 0.4) is 0 Å². The highest BCUT2D eigenvalue weighted by Crippen LogP contribution is 2.48. The van der Waals surface area contributed by atoms with Gasteiger partial charge >= 0.3 is 0 Å². The predicted octanol–water partition coefficient (Wildman–Crippen LogP) is 4.29. The molecule has 2 heteroatoms. The molecule has 1 nitrogen and oxygen atoms in total. The van der Waals surface area contributed by atoms with Gasteiger partial charge in [-0.05, 0) is 37.0 Å². The van der Waals surface area contributed by atoms with Crippen LogP contribution in [0.4, 0.5) is 0 Å². The molecule has 0 radical (unpaired) electrons. The fraction of sp³-hybridized carbons (Fsp3) is 0.929. The molecule has 1 aliphatic carbocycles. The maximum absolute atomic E-state index is 12.0. The quantitative estimate of drug-likeness (QED) is 0.657. The lowest BCUT2D eigenvalue weighted by Crippen LogP contribution is -2.26. The second kappa shape index (κ2) is 6.74. The van der Waals surface area contributed by atoms with Crippen molar-refractivity contribution in [3.05, 3.63) is 0 Å². The van der Waals surface area contributed by atoms with E-state index in [-0.39, 0.29) is 7.92 Å². The van der Waals surface area contributed by atoms with E-state index in [0.717, 1.165) is 24.7 Å². The van der Waals surface area contributed by atoms with E-state index in [1.54, 1.807) is 0 Å². The van der Waals surface area contributed by atoms with Gasteiger partial charge < -0.3 is 0 Å². The van der Waals surface area contributed by atoms with Crippen LogP contribution in [0, 0.1) is 11.8 Å². The molecule has 0 heterocycles. The van der Waals surface area contributed by atoms with Gasteiger partial charge in [-0.1, -0.05) is 42.0 Å². The van der Waals surface area contributed by atoms with E-state index < -0.39 is 0 Å². The van der Waals surface area contributed by atoms with Crippen molar-refractivity contribution >= 4 is 13.7 Å². The van der Waals surface area contributed by atoms with Crippen LogP contribution in [0.5, 0.6) is 0 Å². The summed E-state index contributed by atoms with van der Waals surface area (Å²) in [5.74, 6) is 2.08. The van der Waals surface area contributed by atoms with Crippen molar-refractivity contribution in [2.75, 3.05) is 12.3 Å². The van der Waals surface area contributed by atoms with E-state index in [0.29, 0.717) is 11.4 Å². The number of carbonyl (C=O) groups is 1. The van der Waals surface area contributed by atoms with Crippen LogP contribution in [0.25, 0.3) is 0 Å². The zero-order chi connectivity index (χ0) is 12.1. The van der Waals surface area contributed by atoms with Crippen LogP contribution in [0.2, 0.25) is 0 Å². The van der Waals surface area contributed by atoms with Crippen molar-refractivity contribution in [1.82, 2.24) is 0 Å². The third-order valence-electron chi connectivity index (χ3n) is 3.16. The Morgan fingerprint density at radius 2 is 1.69 bits per heavy atom. The van der Waals surface area contributed by atoms with Gasteiger partial charge in [-0.15, -0.1) is 0 Å². The largest absolute Gasteiger partial charge is 0.299 e. The Hall–Kier alpha value is 0.100. The van der Waals surface area contributed by atoms with Crippen molar-refractivity contribution in [3.8, 4) is 0 Å². The van der Waals surface area contributed by atoms with Crippen LogP contribution in [0.15, 0.2) is 0 Å². The molecule has 94 valence electrons. The molecule has 0 bridgehead atoms. The molecule has 1 aliphatic rings. The number of Topliss-reactive ketones (excluding diaryl/α,β-unsaturated/α-hetero) is 1. The van der Waals surface area contributed by atoms with Crippen molar-refractivity contribution in [2.45, 2.75) is 59.0 Å². The summed E-state index contributed by atoms with van der Waals surface area (Å²) >= 11 is 0. The van der Waals surface area contributed by atoms with Gasteiger partial charge in [0.15, 0.2) is 0 Å². The second-order valence-electron chi connectivity index (χ2n) is 5.97. The average molecular weight is 242 g/mol. The summed E-state index contributed by atoms with van der Waals surface area (Å²) in [4.78, 5) is 12.0. The lowest BCUT2D eigenvalue weighted by molar-refractivity contribution is -0.119. The summed E-state index contributed by atoms with van der Waals surface area (Å²) in [5.41, 5.74) is 0.452. The maximum atomic E-state index is 12.0. The first-order valence-corrected chi connectivity index (χ1v) is 8.55. The Bertz CT molecular complexity index is 213. The molecule has 0 aromatic rings. The summed E-state index contributed by atoms with van der Waals surface area (Å²) < 4.78 is 0. The number of carbonyl (C=O) groups excluding carboxylic acids is 1. The molecule has 0 N–H and O–H groups in total. The number of hydrogen-bond donors (Lipinski definition) is 0. The summed E-state index contributed by atoms with van der Waals surface area (Å²) in [7, 11) is -0.0466. The Kier molecular flexibility index (Phi) is 5.97. The summed E-state index contributed by atoms with van der Waals surface area (Å²) in [5, 5.41) is 0. The van der Waals surface area contributed by atoms with Crippen molar-refractivity contribution in [1.29, 1.82) is 0 Å². The Balaban J connectivity index is 2.61. The normalized spacial score (nSPS) is 22.4. The van der Waals surface area contributed by atoms with Gasteiger partial charge in [-0.2, -0.15) is 0 Å². The molecule has 0 amide bonds. The topological polar surface area (TPSA) is 17.1 Å². The lowest BCUT2D eigenvalue weighted by atomic mass is 9.99. The first-order chi connectivity index (χ1) is 7.50. The van der Waals surface area contributed by atoms with Crippen molar-refractivity contribution in [2.24, 2.45) is 11.8 Å². The van der Waals surface area contributed by atoms with E-state index in [9.17, 15) is 4.79 Å². The van der Waals surface area contributed by atoms with Crippen molar-refractivity contribution < 1.29 is 4.79 Å². The molecule has 0 saturated heterocycles. The minimum atomic E-state index is -0.0466. The third-order valence-corrected chi connectivity index (χ3v) is 6.99. The highest BCUT2D eigenvalue weighted by molar-refractivity contribution is 7.59. The van der Waals surface area contributed by atoms with E-state index in [1.807, 2.05) is 0 Å². The minimum Gasteiger partial charge on any atom is -0.299 e. The van der Waals surface area contributed by atoms with E-state index in [4.69, 9.17) is 0 Å². The predicted molar refractivity (Wildman–Crippen MR) is 73.6 cm³/mol.